The Balaban J connectivity index is 0.000000278. The van der Waals surface area contributed by atoms with E-state index >= 15 is 0 Å². The second kappa shape index (κ2) is 21.2. The summed E-state index contributed by atoms with van der Waals surface area (Å²) in [5.41, 5.74) is 3.64. The summed E-state index contributed by atoms with van der Waals surface area (Å²) in [6.07, 6.45) is 15.8. The molecule has 3 N–H and O–H groups in total. The maximum absolute atomic E-state index is 9.47. The molecule has 0 aliphatic rings. The van der Waals surface area contributed by atoms with E-state index in [4.69, 9.17) is 10.2 Å². The van der Waals surface area contributed by atoms with E-state index in [0.29, 0.717) is 17.2 Å². The van der Waals surface area contributed by atoms with Gasteiger partial charge in [-0.1, -0.05) is 108 Å². The quantitative estimate of drug-likeness (QED) is 0.202. The Morgan fingerprint density at radius 3 is 1.62 bits per heavy atom. The van der Waals surface area contributed by atoms with Crippen LogP contribution in [0.15, 0.2) is 72.8 Å². The summed E-state index contributed by atoms with van der Waals surface area (Å²) < 4.78 is 0. The smallest absolute Gasteiger partial charge is 0.118 e. The third-order valence-corrected chi connectivity index (χ3v) is 6.28. The lowest BCUT2D eigenvalue weighted by molar-refractivity contribution is 0.466. The standard InChI is InChI=1S/C12H18O.2C11H16O/c1-2-3-4-5-8-11-9-6-7-10-12(11)13;1-2-3-4-6-10-7-5-8-11(12)9-10;1-2-3-4-5-10-6-8-11(12)9-7-10/h6-7,9-10,13H,2-5,8H2,1H3;5,7-9,12H,2-4,6H2,1H3;6-9,12H,2-5H2,1H3. The molecular weight excluding hydrogens is 456 g/mol. The van der Waals surface area contributed by atoms with Gasteiger partial charge in [0.15, 0.2) is 0 Å². The van der Waals surface area contributed by atoms with Crippen molar-refractivity contribution < 1.29 is 15.3 Å². The largest absolute Gasteiger partial charge is 0.508 e. The van der Waals surface area contributed by atoms with Crippen LogP contribution in [0.2, 0.25) is 0 Å². The minimum Gasteiger partial charge on any atom is -0.508 e. The average Bonchev–Trinajstić information content (AvgIpc) is 2.90. The fourth-order valence-electron chi connectivity index (χ4n) is 4.00. The first-order chi connectivity index (χ1) is 18.0. The molecular formula is C34H50O3. The van der Waals surface area contributed by atoms with Gasteiger partial charge in [0.25, 0.3) is 0 Å². The Hall–Kier alpha value is -2.94. The molecule has 3 aromatic rings. The van der Waals surface area contributed by atoms with Crippen molar-refractivity contribution in [2.45, 2.75) is 104 Å². The van der Waals surface area contributed by atoms with Gasteiger partial charge in [-0.2, -0.15) is 0 Å². The minimum atomic E-state index is 0.356. The molecule has 0 saturated heterocycles. The number of hydrogen-bond acceptors (Lipinski definition) is 3. The molecule has 3 aromatic carbocycles. The molecule has 3 rings (SSSR count). The number of aromatic hydroxyl groups is 3. The number of phenolic OH excluding ortho intramolecular Hbond substituents is 3. The highest BCUT2D eigenvalue weighted by atomic mass is 16.3. The second-order valence-corrected chi connectivity index (χ2v) is 9.69. The van der Waals surface area contributed by atoms with Crippen molar-refractivity contribution in [1.82, 2.24) is 0 Å². The Morgan fingerprint density at radius 1 is 0.459 bits per heavy atom. The van der Waals surface area contributed by atoms with Crippen LogP contribution in [0.5, 0.6) is 17.2 Å². The van der Waals surface area contributed by atoms with Crippen molar-refractivity contribution in [3.8, 4) is 17.2 Å². The summed E-state index contributed by atoms with van der Waals surface area (Å²) in [6.45, 7) is 6.61. The van der Waals surface area contributed by atoms with Crippen molar-refractivity contribution in [2.75, 3.05) is 0 Å². The average molecular weight is 507 g/mol. The molecule has 0 aliphatic carbocycles. The molecule has 3 nitrogen and oxygen atoms in total. The Kier molecular flexibility index (Phi) is 18.4. The van der Waals surface area contributed by atoms with E-state index in [9.17, 15) is 5.11 Å². The highest BCUT2D eigenvalue weighted by molar-refractivity contribution is 5.31. The Morgan fingerprint density at radius 2 is 1.03 bits per heavy atom. The molecule has 0 bridgehead atoms. The van der Waals surface area contributed by atoms with Gasteiger partial charge in [-0.3, -0.25) is 0 Å². The maximum Gasteiger partial charge on any atom is 0.118 e. The number of phenols is 3. The summed E-state index contributed by atoms with van der Waals surface area (Å²) in [5, 5.41) is 27.7. The molecule has 0 aliphatic heterocycles. The van der Waals surface area contributed by atoms with E-state index < -0.39 is 0 Å². The fourth-order valence-corrected chi connectivity index (χ4v) is 4.00. The lowest BCUT2D eigenvalue weighted by atomic mass is 10.1. The van der Waals surface area contributed by atoms with Crippen LogP contribution in [-0.4, -0.2) is 15.3 Å². The third kappa shape index (κ3) is 16.4. The predicted octanol–water partition coefficient (Wildman–Crippen LogP) is 9.76. The van der Waals surface area contributed by atoms with Gasteiger partial charge in [0, 0.05) is 0 Å². The van der Waals surface area contributed by atoms with E-state index in [-0.39, 0.29) is 0 Å². The number of hydrogen-bond donors (Lipinski definition) is 3. The fraction of sp³-hybridized carbons (Fsp3) is 0.471. The molecule has 0 aromatic heterocycles. The van der Waals surface area contributed by atoms with Crippen molar-refractivity contribution >= 4 is 0 Å². The lowest BCUT2D eigenvalue weighted by Gasteiger charge is -2.03. The molecule has 204 valence electrons. The maximum atomic E-state index is 9.47. The topological polar surface area (TPSA) is 60.7 Å². The molecule has 0 heterocycles. The van der Waals surface area contributed by atoms with E-state index in [1.165, 1.54) is 75.3 Å². The highest BCUT2D eigenvalue weighted by Gasteiger charge is 1.98. The van der Waals surface area contributed by atoms with Gasteiger partial charge in [0.2, 0.25) is 0 Å². The van der Waals surface area contributed by atoms with E-state index in [2.05, 4.69) is 26.8 Å². The summed E-state index contributed by atoms with van der Waals surface area (Å²) in [7, 11) is 0. The number of para-hydroxylation sites is 1. The van der Waals surface area contributed by atoms with Gasteiger partial charge >= 0.3 is 0 Å². The van der Waals surface area contributed by atoms with Gasteiger partial charge < -0.3 is 15.3 Å². The zero-order valence-electron chi connectivity index (χ0n) is 23.5. The summed E-state index contributed by atoms with van der Waals surface area (Å²) >= 11 is 0. The molecule has 0 atom stereocenters. The number of aryl methyl sites for hydroxylation is 3. The first-order valence-corrected chi connectivity index (χ1v) is 14.3. The number of unbranched alkanes of at least 4 members (excludes halogenated alkanes) is 7. The second-order valence-electron chi connectivity index (χ2n) is 9.69. The van der Waals surface area contributed by atoms with Crippen molar-refractivity contribution in [1.29, 1.82) is 0 Å². The first kappa shape index (κ1) is 32.1. The van der Waals surface area contributed by atoms with Crippen LogP contribution in [0.1, 0.15) is 102 Å². The molecule has 37 heavy (non-hydrogen) atoms. The van der Waals surface area contributed by atoms with E-state index in [1.54, 1.807) is 24.3 Å². The monoisotopic (exact) mass is 506 g/mol. The number of benzene rings is 3. The third-order valence-electron chi connectivity index (χ3n) is 6.28. The van der Waals surface area contributed by atoms with Crippen LogP contribution in [0.3, 0.4) is 0 Å². The summed E-state index contributed by atoms with van der Waals surface area (Å²) in [5.74, 6) is 1.18. The van der Waals surface area contributed by atoms with Crippen molar-refractivity contribution in [2.24, 2.45) is 0 Å². The van der Waals surface area contributed by atoms with Gasteiger partial charge in [-0.15, -0.1) is 0 Å². The van der Waals surface area contributed by atoms with Crippen LogP contribution >= 0.6 is 0 Å². The van der Waals surface area contributed by atoms with Crippen LogP contribution in [0.4, 0.5) is 0 Å². The predicted molar refractivity (Wildman–Crippen MR) is 159 cm³/mol. The van der Waals surface area contributed by atoms with E-state index in [0.717, 1.165) is 24.8 Å². The Labute approximate surface area is 226 Å². The molecule has 0 amide bonds. The lowest BCUT2D eigenvalue weighted by Crippen LogP contribution is -1.86. The SMILES string of the molecule is CCCCCCc1ccccc1O.CCCCCc1ccc(O)cc1.CCCCCc1cccc(O)c1. The van der Waals surface area contributed by atoms with Crippen LogP contribution in [-0.2, 0) is 19.3 Å². The van der Waals surface area contributed by atoms with E-state index in [1.807, 2.05) is 42.5 Å². The van der Waals surface area contributed by atoms with Gasteiger partial charge in [0.05, 0.1) is 0 Å². The molecule has 0 radical (unpaired) electrons. The first-order valence-electron chi connectivity index (χ1n) is 14.3. The molecule has 0 saturated carbocycles. The number of rotatable bonds is 13. The molecule has 0 unspecified atom stereocenters. The zero-order valence-corrected chi connectivity index (χ0v) is 23.5. The molecule has 0 spiro atoms. The zero-order chi connectivity index (χ0) is 27.1. The summed E-state index contributed by atoms with van der Waals surface area (Å²) in [4.78, 5) is 0. The van der Waals surface area contributed by atoms with Crippen LogP contribution < -0.4 is 0 Å². The minimum absolute atomic E-state index is 0.356. The summed E-state index contributed by atoms with van der Waals surface area (Å²) in [6, 6.07) is 22.6. The molecule has 0 fully saturated rings. The van der Waals surface area contributed by atoms with Crippen LogP contribution in [0, 0.1) is 0 Å². The van der Waals surface area contributed by atoms with Gasteiger partial charge in [0.1, 0.15) is 17.2 Å². The van der Waals surface area contributed by atoms with Gasteiger partial charge in [-0.05, 0) is 85.5 Å². The van der Waals surface area contributed by atoms with Crippen molar-refractivity contribution in [3.05, 3.63) is 89.5 Å². The highest BCUT2D eigenvalue weighted by Crippen LogP contribution is 2.18. The normalized spacial score (nSPS) is 10.1. The van der Waals surface area contributed by atoms with Crippen LogP contribution in [0.25, 0.3) is 0 Å². The van der Waals surface area contributed by atoms with Gasteiger partial charge in [-0.25, -0.2) is 0 Å². The Bertz CT molecular complexity index is 934. The van der Waals surface area contributed by atoms with Crippen molar-refractivity contribution in [3.63, 3.8) is 0 Å². The molecule has 3 heteroatoms.